The number of carbonyl (C=O) groups is 2. The van der Waals surface area contributed by atoms with Crippen molar-refractivity contribution in [2.24, 2.45) is 11.8 Å². The first kappa shape index (κ1) is 22.5. The number of aryl methyl sites for hydroxylation is 1. The summed E-state index contributed by atoms with van der Waals surface area (Å²) in [5.74, 6) is 0.441. The molecule has 2 amide bonds. The average molecular weight is 489 g/mol. The smallest absolute Gasteiger partial charge is 0.256 e. The second-order valence-corrected chi connectivity index (χ2v) is 12.2. The molecule has 5 rings (SSSR count). The summed E-state index contributed by atoms with van der Waals surface area (Å²) in [4.78, 5) is 31.9. The first-order valence-corrected chi connectivity index (χ1v) is 13.7. The van der Waals surface area contributed by atoms with Gasteiger partial charge in [-0.3, -0.25) is 9.59 Å². The van der Waals surface area contributed by atoms with Crippen molar-refractivity contribution in [1.29, 1.82) is 0 Å². The third-order valence-corrected chi connectivity index (χ3v) is 9.25. The average Bonchev–Trinajstić information content (AvgIpc) is 3.67. The molecular formula is C23H28N4O4S2. The van der Waals surface area contributed by atoms with Crippen LogP contribution in [0.3, 0.4) is 0 Å². The van der Waals surface area contributed by atoms with Gasteiger partial charge in [0, 0.05) is 26.1 Å². The Hall–Kier alpha value is -2.30. The Balaban J connectivity index is 1.58. The van der Waals surface area contributed by atoms with Crippen LogP contribution in [0.2, 0.25) is 0 Å². The van der Waals surface area contributed by atoms with E-state index in [1.807, 2.05) is 17.9 Å². The lowest BCUT2D eigenvalue weighted by molar-refractivity contribution is -0.114. The summed E-state index contributed by atoms with van der Waals surface area (Å²) < 4.78 is 29.4. The topological polar surface area (TPSA) is 108 Å². The van der Waals surface area contributed by atoms with Crippen LogP contribution in [0, 0.1) is 18.8 Å². The Kier molecular flexibility index (Phi) is 5.57. The summed E-state index contributed by atoms with van der Waals surface area (Å²) >= 11 is 1.30. The molecule has 1 unspecified atom stereocenters. The SMILES string of the molecule is CC(=O)Nc1nc(C)c(-c2cc3c(c(S(=O)(=O)NCC4CC4)c2)C(=O)N(C(C)C2CC2)C3)s1. The highest BCUT2D eigenvalue weighted by Gasteiger charge is 2.41. The zero-order valence-corrected chi connectivity index (χ0v) is 20.6. The van der Waals surface area contributed by atoms with Crippen molar-refractivity contribution in [3.05, 3.63) is 29.0 Å². The van der Waals surface area contributed by atoms with Gasteiger partial charge in [-0.25, -0.2) is 18.1 Å². The predicted octanol–water partition coefficient (Wildman–Crippen LogP) is 3.52. The van der Waals surface area contributed by atoms with Crippen LogP contribution in [0.4, 0.5) is 5.13 Å². The fourth-order valence-corrected chi connectivity index (χ4v) is 6.82. The number of nitrogens with zero attached hydrogens (tertiary/aromatic N) is 2. The van der Waals surface area contributed by atoms with Gasteiger partial charge in [0.15, 0.2) is 5.13 Å². The molecule has 1 atom stereocenters. The van der Waals surface area contributed by atoms with Crippen LogP contribution in [0.5, 0.6) is 0 Å². The molecule has 1 aromatic carbocycles. The molecule has 0 bridgehead atoms. The van der Waals surface area contributed by atoms with Crippen molar-refractivity contribution in [2.75, 3.05) is 11.9 Å². The summed E-state index contributed by atoms with van der Waals surface area (Å²) in [7, 11) is -3.87. The first-order valence-electron chi connectivity index (χ1n) is 11.4. The van der Waals surface area contributed by atoms with E-state index in [9.17, 15) is 18.0 Å². The quantitative estimate of drug-likeness (QED) is 0.591. The summed E-state index contributed by atoms with van der Waals surface area (Å²) in [6.45, 7) is 6.10. The standard InChI is InChI=1S/C23H28N4O4S2/c1-12-21(32-23(25-12)26-14(3)28)17-8-18-11-27(13(2)16-6-7-16)22(29)20(18)19(9-17)33(30,31)24-10-15-4-5-15/h8-9,13,15-16,24H,4-7,10-11H2,1-3H3,(H,25,26,28). The number of aromatic nitrogens is 1. The Bertz CT molecular complexity index is 1250. The van der Waals surface area contributed by atoms with Crippen LogP contribution in [0.25, 0.3) is 10.4 Å². The van der Waals surface area contributed by atoms with Gasteiger partial charge in [0.05, 0.1) is 21.0 Å². The van der Waals surface area contributed by atoms with Gasteiger partial charge < -0.3 is 10.2 Å². The molecule has 2 aromatic rings. The van der Waals surface area contributed by atoms with Crippen LogP contribution < -0.4 is 10.0 Å². The van der Waals surface area contributed by atoms with Crippen LogP contribution in [0.1, 0.15) is 61.1 Å². The number of rotatable bonds is 8. The molecule has 8 nitrogen and oxygen atoms in total. The molecule has 33 heavy (non-hydrogen) atoms. The lowest BCUT2D eigenvalue weighted by Gasteiger charge is -2.24. The van der Waals surface area contributed by atoms with Crippen LogP contribution in [-0.2, 0) is 21.4 Å². The number of sulfonamides is 1. The number of hydrogen-bond acceptors (Lipinski definition) is 6. The van der Waals surface area contributed by atoms with E-state index in [2.05, 4.69) is 21.9 Å². The second kappa shape index (κ2) is 8.18. The van der Waals surface area contributed by atoms with Crippen molar-refractivity contribution in [3.63, 3.8) is 0 Å². The number of anilines is 1. The van der Waals surface area contributed by atoms with Gasteiger partial charge >= 0.3 is 0 Å². The number of nitrogens with one attached hydrogen (secondary N) is 2. The van der Waals surface area contributed by atoms with E-state index in [0.717, 1.165) is 36.1 Å². The monoisotopic (exact) mass is 488 g/mol. The molecule has 2 heterocycles. The highest BCUT2D eigenvalue weighted by Crippen LogP contribution is 2.42. The first-order chi connectivity index (χ1) is 15.6. The third kappa shape index (κ3) is 4.43. The largest absolute Gasteiger partial charge is 0.331 e. The second-order valence-electron chi connectivity index (χ2n) is 9.43. The van der Waals surface area contributed by atoms with Crippen molar-refractivity contribution in [2.45, 2.75) is 63.9 Å². The fraction of sp³-hybridized carbons (Fsp3) is 0.522. The summed E-state index contributed by atoms with van der Waals surface area (Å²) in [5, 5.41) is 3.16. The predicted molar refractivity (Wildman–Crippen MR) is 127 cm³/mol. The Labute approximate surface area is 197 Å². The van der Waals surface area contributed by atoms with E-state index >= 15 is 0 Å². The summed E-state index contributed by atoms with van der Waals surface area (Å²) in [5.41, 5.74) is 2.41. The zero-order valence-electron chi connectivity index (χ0n) is 19.0. The number of hydrogen-bond donors (Lipinski definition) is 2. The normalized spacial score (nSPS) is 19.0. The minimum absolute atomic E-state index is 0.0417. The molecule has 2 saturated carbocycles. The molecular weight excluding hydrogens is 460 g/mol. The maximum atomic E-state index is 13.4. The molecule has 0 spiro atoms. The van der Waals surface area contributed by atoms with Gasteiger partial charge in [0.1, 0.15) is 0 Å². The number of benzene rings is 1. The lowest BCUT2D eigenvalue weighted by Crippen LogP contribution is -2.35. The zero-order chi connectivity index (χ0) is 23.5. The van der Waals surface area contributed by atoms with Gasteiger partial charge in [-0.15, -0.1) is 0 Å². The van der Waals surface area contributed by atoms with Crippen molar-refractivity contribution >= 4 is 38.3 Å². The van der Waals surface area contributed by atoms with E-state index in [1.165, 1.54) is 18.3 Å². The molecule has 0 radical (unpaired) electrons. The summed E-state index contributed by atoms with van der Waals surface area (Å²) in [6.07, 6.45) is 4.26. The number of thiazole rings is 1. The van der Waals surface area contributed by atoms with E-state index in [1.54, 1.807) is 6.07 Å². The van der Waals surface area contributed by atoms with Crippen molar-refractivity contribution < 1.29 is 18.0 Å². The molecule has 1 aromatic heterocycles. The van der Waals surface area contributed by atoms with Gasteiger partial charge in [-0.05, 0) is 74.6 Å². The highest BCUT2D eigenvalue weighted by molar-refractivity contribution is 7.89. The van der Waals surface area contributed by atoms with E-state index in [0.29, 0.717) is 46.9 Å². The Morgan fingerprint density at radius 2 is 2.00 bits per heavy atom. The van der Waals surface area contributed by atoms with Crippen LogP contribution in [-0.4, -0.2) is 42.7 Å². The van der Waals surface area contributed by atoms with Gasteiger partial charge in [-0.2, -0.15) is 0 Å². The maximum absolute atomic E-state index is 13.4. The van der Waals surface area contributed by atoms with E-state index in [-0.39, 0.29) is 22.8 Å². The number of carbonyl (C=O) groups excluding carboxylic acids is 2. The van der Waals surface area contributed by atoms with Crippen LogP contribution >= 0.6 is 11.3 Å². The highest BCUT2D eigenvalue weighted by atomic mass is 32.2. The van der Waals surface area contributed by atoms with Crippen LogP contribution in [0.15, 0.2) is 17.0 Å². The molecule has 3 aliphatic rings. The van der Waals surface area contributed by atoms with E-state index in [4.69, 9.17) is 0 Å². The molecule has 1 aliphatic heterocycles. The molecule has 0 saturated heterocycles. The van der Waals surface area contributed by atoms with E-state index < -0.39 is 10.0 Å². The number of fused-ring (bicyclic) bond motifs is 1. The van der Waals surface area contributed by atoms with Crippen molar-refractivity contribution in [3.8, 4) is 10.4 Å². The number of amides is 2. The molecule has 10 heteroatoms. The molecule has 2 N–H and O–H groups in total. The van der Waals surface area contributed by atoms with Gasteiger partial charge in [0.25, 0.3) is 5.91 Å². The Morgan fingerprint density at radius 3 is 2.64 bits per heavy atom. The van der Waals surface area contributed by atoms with Gasteiger partial charge in [0.2, 0.25) is 15.9 Å². The fourth-order valence-electron chi connectivity index (χ4n) is 4.44. The molecule has 2 fully saturated rings. The lowest BCUT2D eigenvalue weighted by atomic mass is 10.0. The maximum Gasteiger partial charge on any atom is 0.256 e. The Morgan fingerprint density at radius 1 is 1.27 bits per heavy atom. The minimum atomic E-state index is -3.87. The van der Waals surface area contributed by atoms with Gasteiger partial charge in [-0.1, -0.05) is 11.3 Å². The minimum Gasteiger partial charge on any atom is -0.331 e. The third-order valence-electron chi connectivity index (χ3n) is 6.69. The van der Waals surface area contributed by atoms with Crippen molar-refractivity contribution in [1.82, 2.24) is 14.6 Å². The molecule has 2 aliphatic carbocycles. The molecule has 176 valence electrons. The summed E-state index contributed by atoms with van der Waals surface area (Å²) in [6, 6.07) is 3.58.